The molecule has 1 N–H and O–H groups in total. The molecule has 4 heteroatoms. The fourth-order valence-electron chi connectivity index (χ4n) is 3.20. The maximum absolute atomic E-state index is 4.52. The summed E-state index contributed by atoms with van der Waals surface area (Å²) in [5.41, 5.74) is 1.06. The molecule has 1 atom stereocenters. The van der Waals surface area contributed by atoms with E-state index in [1.165, 1.54) is 32.2 Å². The molecule has 0 bridgehead atoms. The molecular formula is C14H22N4. The van der Waals surface area contributed by atoms with Crippen LogP contribution in [-0.2, 0) is 0 Å². The fraction of sp³-hybridized carbons (Fsp3) is 0.714. The molecule has 2 fully saturated rings. The lowest BCUT2D eigenvalue weighted by Gasteiger charge is -2.34. The molecule has 0 aromatic carbocycles. The van der Waals surface area contributed by atoms with Gasteiger partial charge in [0, 0.05) is 31.0 Å². The Morgan fingerprint density at radius 2 is 2.11 bits per heavy atom. The van der Waals surface area contributed by atoms with Crippen LogP contribution in [-0.4, -0.2) is 35.6 Å². The summed E-state index contributed by atoms with van der Waals surface area (Å²) in [6.07, 6.45) is 7.13. The average Bonchev–Trinajstić information content (AvgIpc) is 2.93. The molecule has 3 rings (SSSR count). The van der Waals surface area contributed by atoms with Gasteiger partial charge in [0.05, 0.1) is 0 Å². The van der Waals surface area contributed by atoms with Crippen LogP contribution in [0, 0.1) is 12.8 Å². The number of anilines is 1. The zero-order valence-electron chi connectivity index (χ0n) is 11.1. The molecule has 0 saturated carbocycles. The number of rotatable bonds is 2. The summed E-state index contributed by atoms with van der Waals surface area (Å²) < 4.78 is 0. The van der Waals surface area contributed by atoms with Crippen molar-refractivity contribution in [2.75, 3.05) is 24.5 Å². The molecule has 2 saturated heterocycles. The molecule has 18 heavy (non-hydrogen) atoms. The second-order valence-corrected chi connectivity index (χ2v) is 5.53. The van der Waals surface area contributed by atoms with E-state index in [1.807, 2.05) is 19.2 Å². The standard InChI is InChI=1S/C14H22N4/c1-11-4-8-16-14(17-11)18-9-5-12(6-10-18)13-3-2-7-15-13/h4,8,12-13,15H,2-3,5-7,9-10H2,1H3/t13-/m0/s1. The third-order valence-electron chi connectivity index (χ3n) is 4.27. The highest BCUT2D eigenvalue weighted by Gasteiger charge is 2.28. The first-order valence-corrected chi connectivity index (χ1v) is 7.11. The van der Waals surface area contributed by atoms with Crippen LogP contribution < -0.4 is 10.2 Å². The molecule has 2 aliphatic heterocycles. The van der Waals surface area contributed by atoms with Gasteiger partial charge in [-0.3, -0.25) is 0 Å². The summed E-state index contributed by atoms with van der Waals surface area (Å²) in [5, 5.41) is 3.64. The van der Waals surface area contributed by atoms with Gasteiger partial charge in [0.2, 0.25) is 5.95 Å². The van der Waals surface area contributed by atoms with Crippen molar-refractivity contribution < 1.29 is 0 Å². The van der Waals surface area contributed by atoms with Crippen LogP contribution in [0.1, 0.15) is 31.4 Å². The van der Waals surface area contributed by atoms with Gasteiger partial charge in [0.1, 0.15) is 0 Å². The zero-order chi connectivity index (χ0) is 12.4. The maximum Gasteiger partial charge on any atom is 0.225 e. The predicted octanol–water partition coefficient (Wildman–Crippen LogP) is 1.75. The van der Waals surface area contributed by atoms with Gasteiger partial charge in [-0.1, -0.05) is 0 Å². The average molecular weight is 246 g/mol. The van der Waals surface area contributed by atoms with Crippen LogP contribution in [0.25, 0.3) is 0 Å². The Bertz CT molecular complexity index is 393. The third-order valence-corrected chi connectivity index (χ3v) is 4.27. The van der Waals surface area contributed by atoms with Crippen molar-refractivity contribution in [2.45, 2.75) is 38.6 Å². The van der Waals surface area contributed by atoms with Crippen molar-refractivity contribution in [1.82, 2.24) is 15.3 Å². The topological polar surface area (TPSA) is 41.1 Å². The Morgan fingerprint density at radius 1 is 1.28 bits per heavy atom. The molecule has 0 unspecified atom stereocenters. The van der Waals surface area contributed by atoms with E-state index < -0.39 is 0 Å². The second kappa shape index (κ2) is 5.22. The van der Waals surface area contributed by atoms with Gasteiger partial charge in [-0.2, -0.15) is 0 Å². The highest BCUT2D eigenvalue weighted by molar-refractivity contribution is 5.30. The normalized spacial score (nSPS) is 25.6. The SMILES string of the molecule is Cc1ccnc(N2CCC([C@@H]3CCCN3)CC2)n1. The van der Waals surface area contributed by atoms with E-state index in [1.54, 1.807) is 0 Å². The highest BCUT2D eigenvalue weighted by atomic mass is 15.3. The van der Waals surface area contributed by atoms with Gasteiger partial charge in [-0.25, -0.2) is 9.97 Å². The van der Waals surface area contributed by atoms with Gasteiger partial charge >= 0.3 is 0 Å². The van der Waals surface area contributed by atoms with Crippen molar-refractivity contribution in [3.05, 3.63) is 18.0 Å². The molecule has 0 radical (unpaired) electrons. The maximum atomic E-state index is 4.52. The quantitative estimate of drug-likeness (QED) is 0.863. The lowest BCUT2D eigenvalue weighted by Crippen LogP contribution is -2.41. The molecule has 2 aliphatic rings. The molecule has 0 amide bonds. The van der Waals surface area contributed by atoms with Crippen molar-refractivity contribution in [1.29, 1.82) is 0 Å². The number of aryl methyl sites for hydroxylation is 1. The Labute approximate surface area is 109 Å². The largest absolute Gasteiger partial charge is 0.341 e. The Hall–Kier alpha value is -1.16. The van der Waals surface area contributed by atoms with Crippen molar-refractivity contribution in [3.63, 3.8) is 0 Å². The first kappa shape index (κ1) is 11.9. The molecule has 1 aromatic rings. The molecule has 98 valence electrons. The monoisotopic (exact) mass is 246 g/mol. The molecule has 0 aliphatic carbocycles. The van der Waals surface area contributed by atoms with E-state index in [0.717, 1.165) is 36.7 Å². The highest BCUT2D eigenvalue weighted by Crippen LogP contribution is 2.26. The zero-order valence-corrected chi connectivity index (χ0v) is 11.1. The number of nitrogens with one attached hydrogen (secondary N) is 1. The second-order valence-electron chi connectivity index (χ2n) is 5.53. The summed E-state index contributed by atoms with van der Waals surface area (Å²) in [7, 11) is 0. The van der Waals surface area contributed by atoms with Gasteiger partial charge in [0.25, 0.3) is 0 Å². The van der Waals surface area contributed by atoms with Crippen molar-refractivity contribution in [3.8, 4) is 0 Å². The van der Waals surface area contributed by atoms with Crippen LogP contribution in [0.4, 0.5) is 5.95 Å². The van der Waals surface area contributed by atoms with Gasteiger partial charge in [-0.05, 0) is 51.1 Å². The third kappa shape index (κ3) is 2.48. The smallest absolute Gasteiger partial charge is 0.225 e. The lowest BCUT2D eigenvalue weighted by molar-refractivity contribution is 0.317. The first-order valence-electron chi connectivity index (χ1n) is 7.11. The van der Waals surface area contributed by atoms with E-state index in [0.29, 0.717) is 0 Å². The van der Waals surface area contributed by atoms with Crippen LogP contribution in [0.5, 0.6) is 0 Å². The van der Waals surface area contributed by atoms with E-state index in [9.17, 15) is 0 Å². The van der Waals surface area contributed by atoms with Crippen LogP contribution in [0.3, 0.4) is 0 Å². The Balaban J connectivity index is 1.59. The molecule has 4 nitrogen and oxygen atoms in total. The molecule has 3 heterocycles. The minimum atomic E-state index is 0.769. The van der Waals surface area contributed by atoms with Gasteiger partial charge in [-0.15, -0.1) is 0 Å². The summed E-state index contributed by atoms with van der Waals surface area (Å²) >= 11 is 0. The number of piperidine rings is 1. The number of hydrogen-bond donors (Lipinski definition) is 1. The van der Waals surface area contributed by atoms with Crippen LogP contribution in [0.2, 0.25) is 0 Å². The van der Waals surface area contributed by atoms with Crippen LogP contribution >= 0.6 is 0 Å². The molecule has 1 aromatic heterocycles. The van der Waals surface area contributed by atoms with Gasteiger partial charge in [0.15, 0.2) is 0 Å². The van der Waals surface area contributed by atoms with E-state index in [4.69, 9.17) is 0 Å². The number of nitrogens with zero attached hydrogens (tertiary/aromatic N) is 3. The van der Waals surface area contributed by atoms with Crippen LogP contribution in [0.15, 0.2) is 12.3 Å². The Kier molecular flexibility index (Phi) is 3.46. The fourth-order valence-corrected chi connectivity index (χ4v) is 3.20. The Morgan fingerprint density at radius 3 is 2.78 bits per heavy atom. The summed E-state index contributed by atoms with van der Waals surface area (Å²) in [6.45, 7) is 5.45. The van der Waals surface area contributed by atoms with Gasteiger partial charge < -0.3 is 10.2 Å². The molecule has 0 spiro atoms. The summed E-state index contributed by atoms with van der Waals surface area (Å²) in [6, 6.07) is 2.73. The minimum Gasteiger partial charge on any atom is -0.341 e. The number of hydrogen-bond acceptors (Lipinski definition) is 4. The summed E-state index contributed by atoms with van der Waals surface area (Å²) in [5.74, 6) is 1.77. The lowest BCUT2D eigenvalue weighted by atomic mass is 9.89. The minimum absolute atomic E-state index is 0.769. The number of aromatic nitrogens is 2. The molecular weight excluding hydrogens is 224 g/mol. The van der Waals surface area contributed by atoms with E-state index >= 15 is 0 Å². The van der Waals surface area contributed by atoms with E-state index in [-0.39, 0.29) is 0 Å². The summed E-state index contributed by atoms with van der Waals surface area (Å²) in [4.78, 5) is 11.2. The van der Waals surface area contributed by atoms with Crippen molar-refractivity contribution >= 4 is 5.95 Å². The first-order chi connectivity index (χ1) is 8.83. The predicted molar refractivity (Wildman–Crippen MR) is 72.7 cm³/mol. The van der Waals surface area contributed by atoms with Crippen molar-refractivity contribution in [2.24, 2.45) is 5.92 Å². The van der Waals surface area contributed by atoms with E-state index in [2.05, 4.69) is 20.2 Å².